The van der Waals surface area contributed by atoms with E-state index in [0.29, 0.717) is 18.8 Å². The van der Waals surface area contributed by atoms with Gasteiger partial charge in [0.15, 0.2) is 0 Å². The first-order chi connectivity index (χ1) is 9.00. The van der Waals surface area contributed by atoms with Crippen LogP contribution in [0.15, 0.2) is 35.4 Å². The number of hydrogen-bond donors (Lipinski definition) is 2. The molecule has 0 aliphatic heterocycles. The van der Waals surface area contributed by atoms with Gasteiger partial charge in [-0.25, -0.2) is 13.6 Å². The maximum Gasteiger partial charge on any atom is 0.238 e. The van der Waals surface area contributed by atoms with E-state index >= 15 is 0 Å². The molecule has 0 spiro atoms. The molecule has 102 valence electrons. The molecule has 0 amide bonds. The maximum absolute atomic E-state index is 11.1. The number of rotatable bonds is 5. The zero-order chi connectivity index (χ0) is 13.9. The van der Waals surface area contributed by atoms with E-state index in [0.717, 1.165) is 12.0 Å². The Morgan fingerprint density at radius 3 is 2.47 bits per heavy atom. The van der Waals surface area contributed by atoms with Crippen molar-refractivity contribution in [1.82, 2.24) is 15.0 Å². The fourth-order valence-electron chi connectivity index (χ4n) is 1.61. The summed E-state index contributed by atoms with van der Waals surface area (Å²) in [6, 6.07) is 6.20. The van der Waals surface area contributed by atoms with Gasteiger partial charge in [0, 0.05) is 12.1 Å². The minimum absolute atomic E-state index is 0.0757. The zero-order valence-electron chi connectivity index (χ0n) is 10.2. The van der Waals surface area contributed by atoms with Crippen LogP contribution in [0, 0.1) is 0 Å². The highest BCUT2D eigenvalue weighted by molar-refractivity contribution is 7.89. The summed E-state index contributed by atoms with van der Waals surface area (Å²) < 4.78 is 24.0. The minimum atomic E-state index is -3.66. The van der Waals surface area contributed by atoms with Crippen molar-refractivity contribution in [2.75, 3.05) is 6.54 Å². The van der Waals surface area contributed by atoms with Crippen LogP contribution in [0.3, 0.4) is 0 Å². The Morgan fingerprint density at radius 1 is 1.21 bits per heavy atom. The van der Waals surface area contributed by atoms with Gasteiger partial charge in [-0.15, -0.1) is 5.10 Å². The summed E-state index contributed by atoms with van der Waals surface area (Å²) in [7, 11) is -3.66. The molecule has 8 heteroatoms. The molecule has 0 aliphatic rings. The van der Waals surface area contributed by atoms with Gasteiger partial charge in [-0.3, -0.25) is 4.68 Å². The summed E-state index contributed by atoms with van der Waals surface area (Å²) in [4.78, 5) is 0.0757. The standard InChI is InChI=1S/C11H15N5O2S/c12-6-1-7-16-8-11(14-15-16)9-2-4-10(5-3-9)19(13,17)18/h2-5,8H,1,6-7,12H2,(H2,13,17,18). The topological polar surface area (TPSA) is 117 Å². The molecule has 0 aliphatic carbocycles. The third-order valence-corrected chi connectivity index (χ3v) is 3.54. The van der Waals surface area contributed by atoms with Crippen LogP contribution >= 0.6 is 0 Å². The van der Waals surface area contributed by atoms with Crippen LogP contribution in [0.4, 0.5) is 0 Å². The second-order valence-electron chi connectivity index (χ2n) is 4.08. The number of aromatic nitrogens is 3. The SMILES string of the molecule is NCCCn1cc(-c2ccc(S(N)(=O)=O)cc2)nn1. The van der Waals surface area contributed by atoms with Gasteiger partial charge in [0.1, 0.15) is 5.69 Å². The van der Waals surface area contributed by atoms with E-state index in [2.05, 4.69) is 10.3 Å². The van der Waals surface area contributed by atoms with Gasteiger partial charge in [-0.2, -0.15) is 0 Å². The zero-order valence-corrected chi connectivity index (χ0v) is 11.0. The number of primary sulfonamides is 1. The summed E-state index contributed by atoms with van der Waals surface area (Å²) in [5.41, 5.74) is 6.88. The van der Waals surface area contributed by atoms with Gasteiger partial charge < -0.3 is 5.73 Å². The highest BCUT2D eigenvalue weighted by Crippen LogP contribution is 2.18. The predicted molar refractivity (Wildman–Crippen MR) is 70.5 cm³/mol. The first-order valence-electron chi connectivity index (χ1n) is 5.74. The molecule has 2 rings (SSSR count). The van der Waals surface area contributed by atoms with Crippen LogP contribution < -0.4 is 10.9 Å². The number of nitrogens with zero attached hydrogens (tertiary/aromatic N) is 3. The van der Waals surface area contributed by atoms with Gasteiger partial charge in [0.05, 0.1) is 11.1 Å². The van der Waals surface area contributed by atoms with Gasteiger partial charge in [0.25, 0.3) is 0 Å². The van der Waals surface area contributed by atoms with Crippen LogP contribution in [0.5, 0.6) is 0 Å². The van der Waals surface area contributed by atoms with Crippen molar-refractivity contribution in [3.8, 4) is 11.3 Å². The van der Waals surface area contributed by atoms with E-state index in [1.165, 1.54) is 12.1 Å². The number of benzene rings is 1. The van der Waals surface area contributed by atoms with Gasteiger partial charge in [-0.1, -0.05) is 17.3 Å². The molecule has 19 heavy (non-hydrogen) atoms. The van der Waals surface area contributed by atoms with Crippen LogP contribution in [0.2, 0.25) is 0 Å². The lowest BCUT2D eigenvalue weighted by atomic mass is 10.2. The van der Waals surface area contributed by atoms with Crippen molar-refractivity contribution in [3.63, 3.8) is 0 Å². The fraction of sp³-hybridized carbons (Fsp3) is 0.273. The lowest BCUT2D eigenvalue weighted by Gasteiger charge is -1.99. The smallest absolute Gasteiger partial charge is 0.238 e. The first kappa shape index (κ1) is 13.7. The second kappa shape index (κ2) is 5.47. The van der Waals surface area contributed by atoms with Crippen LogP contribution in [0.25, 0.3) is 11.3 Å². The summed E-state index contributed by atoms with van der Waals surface area (Å²) in [5.74, 6) is 0. The second-order valence-corrected chi connectivity index (χ2v) is 5.64. The third kappa shape index (κ3) is 3.37. The van der Waals surface area contributed by atoms with Crippen molar-refractivity contribution in [1.29, 1.82) is 0 Å². The molecule has 0 saturated carbocycles. The molecule has 0 unspecified atom stereocenters. The molecule has 0 saturated heterocycles. The van der Waals surface area contributed by atoms with E-state index in [1.54, 1.807) is 23.0 Å². The summed E-state index contributed by atoms with van der Waals surface area (Å²) in [6.45, 7) is 1.30. The Kier molecular flexibility index (Phi) is 3.93. The molecule has 0 fully saturated rings. The Balaban J connectivity index is 2.20. The summed E-state index contributed by atoms with van der Waals surface area (Å²) >= 11 is 0. The van der Waals surface area contributed by atoms with Gasteiger partial charge in [0.2, 0.25) is 10.0 Å². The van der Waals surface area contributed by atoms with Crippen molar-refractivity contribution in [2.24, 2.45) is 10.9 Å². The average Bonchev–Trinajstić information content (AvgIpc) is 2.84. The highest BCUT2D eigenvalue weighted by Gasteiger charge is 2.09. The molecule has 2 aromatic rings. The average molecular weight is 281 g/mol. The number of aryl methyl sites for hydroxylation is 1. The van der Waals surface area contributed by atoms with Crippen molar-refractivity contribution in [2.45, 2.75) is 17.9 Å². The molecule has 4 N–H and O–H groups in total. The summed E-state index contributed by atoms with van der Waals surface area (Å²) in [6.07, 6.45) is 2.62. The summed E-state index contributed by atoms with van der Waals surface area (Å²) in [5, 5.41) is 13.0. The van der Waals surface area contributed by atoms with E-state index in [1.807, 2.05) is 0 Å². The predicted octanol–water partition coefficient (Wildman–Crippen LogP) is -0.0587. The normalized spacial score (nSPS) is 11.7. The fourth-order valence-corrected chi connectivity index (χ4v) is 2.12. The molecule has 0 bridgehead atoms. The quantitative estimate of drug-likeness (QED) is 0.796. The molecule has 0 atom stereocenters. The van der Waals surface area contributed by atoms with E-state index < -0.39 is 10.0 Å². The molecule has 1 heterocycles. The highest BCUT2D eigenvalue weighted by atomic mass is 32.2. The van der Waals surface area contributed by atoms with Crippen molar-refractivity contribution >= 4 is 10.0 Å². The molecule has 1 aromatic carbocycles. The molecule has 0 radical (unpaired) electrons. The molecule has 7 nitrogen and oxygen atoms in total. The Labute approximate surface area is 111 Å². The lowest BCUT2D eigenvalue weighted by molar-refractivity contribution is 0.564. The first-order valence-corrected chi connectivity index (χ1v) is 7.29. The van der Waals surface area contributed by atoms with Crippen LogP contribution in [-0.4, -0.2) is 30.0 Å². The Bertz CT molecular complexity index is 648. The maximum atomic E-state index is 11.1. The van der Waals surface area contributed by atoms with E-state index in [9.17, 15) is 8.42 Å². The van der Waals surface area contributed by atoms with Gasteiger partial charge >= 0.3 is 0 Å². The Hall–Kier alpha value is -1.77. The van der Waals surface area contributed by atoms with Crippen LogP contribution in [0.1, 0.15) is 6.42 Å². The Morgan fingerprint density at radius 2 is 1.89 bits per heavy atom. The molecular weight excluding hydrogens is 266 g/mol. The van der Waals surface area contributed by atoms with E-state index in [4.69, 9.17) is 10.9 Å². The number of sulfonamides is 1. The monoisotopic (exact) mass is 281 g/mol. The largest absolute Gasteiger partial charge is 0.330 e. The lowest BCUT2D eigenvalue weighted by Crippen LogP contribution is -2.11. The molecular formula is C11H15N5O2S. The minimum Gasteiger partial charge on any atom is -0.330 e. The van der Waals surface area contributed by atoms with E-state index in [-0.39, 0.29) is 4.90 Å². The third-order valence-electron chi connectivity index (χ3n) is 2.61. The van der Waals surface area contributed by atoms with Crippen molar-refractivity contribution < 1.29 is 8.42 Å². The van der Waals surface area contributed by atoms with Crippen molar-refractivity contribution in [3.05, 3.63) is 30.5 Å². The number of hydrogen-bond acceptors (Lipinski definition) is 5. The molecule has 1 aromatic heterocycles. The van der Waals surface area contributed by atoms with Gasteiger partial charge in [-0.05, 0) is 25.1 Å². The van der Waals surface area contributed by atoms with Crippen LogP contribution in [-0.2, 0) is 16.6 Å². The number of nitrogens with two attached hydrogens (primary N) is 2.